The van der Waals surface area contributed by atoms with Crippen LogP contribution in [0.5, 0.6) is 0 Å². The second-order valence-electron chi connectivity index (χ2n) is 6.00. The number of nitrogens with zero attached hydrogens (tertiary/aromatic N) is 2. The number of rotatable bonds is 4. The maximum atomic E-state index is 11.5. The number of carbonyl (C=O) groups is 1. The molecule has 0 N–H and O–H groups in total. The molecule has 116 valence electrons. The van der Waals surface area contributed by atoms with Crippen molar-refractivity contribution in [2.24, 2.45) is 5.92 Å². The fourth-order valence-corrected chi connectivity index (χ4v) is 3.04. The molecule has 2 aromatic rings. The standard InChI is InChI=1S/C18H22N2O2/c1-13(18(21)22-2)11-15-6-5-14-12-16(7-8-17(14)19-15)20-9-3-4-10-20/h5-8,12-13H,3-4,9-11H2,1-2H3. The molecule has 1 atom stereocenters. The quantitative estimate of drug-likeness (QED) is 0.813. The Bertz CT molecular complexity index is 678. The molecule has 1 aliphatic heterocycles. The van der Waals surface area contributed by atoms with Gasteiger partial charge in [-0.15, -0.1) is 0 Å². The van der Waals surface area contributed by atoms with Crippen molar-refractivity contribution in [2.45, 2.75) is 26.2 Å². The van der Waals surface area contributed by atoms with Crippen molar-refractivity contribution >= 4 is 22.6 Å². The van der Waals surface area contributed by atoms with Gasteiger partial charge >= 0.3 is 5.97 Å². The molecule has 2 heterocycles. The molecule has 22 heavy (non-hydrogen) atoms. The van der Waals surface area contributed by atoms with E-state index in [9.17, 15) is 4.79 Å². The van der Waals surface area contributed by atoms with Gasteiger partial charge in [0.05, 0.1) is 18.5 Å². The molecule has 4 nitrogen and oxygen atoms in total. The van der Waals surface area contributed by atoms with Crippen LogP contribution in [0.4, 0.5) is 5.69 Å². The minimum Gasteiger partial charge on any atom is -0.469 e. The molecule has 0 amide bonds. The molecule has 1 saturated heterocycles. The molecule has 1 unspecified atom stereocenters. The van der Waals surface area contributed by atoms with Crippen LogP contribution in [0.25, 0.3) is 10.9 Å². The van der Waals surface area contributed by atoms with E-state index in [1.807, 2.05) is 13.0 Å². The molecule has 1 aliphatic rings. The van der Waals surface area contributed by atoms with Gasteiger partial charge in [-0.1, -0.05) is 13.0 Å². The summed E-state index contributed by atoms with van der Waals surface area (Å²) in [7, 11) is 1.42. The van der Waals surface area contributed by atoms with Crippen molar-refractivity contribution in [1.82, 2.24) is 4.98 Å². The van der Waals surface area contributed by atoms with Crippen LogP contribution < -0.4 is 4.90 Å². The van der Waals surface area contributed by atoms with E-state index in [1.165, 1.54) is 25.6 Å². The van der Waals surface area contributed by atoms with Crippen LogP contribution in [0.1, 0.15) is 25.5 Å². The van der Waals surface area contributed by atoms with Crippen LogP contribution in [0.2, 0.25) is 0 Å². The summed E-state index contributed by atoms with van der Waals surface area (Å²) in [6.45, 7) is 4.16. The van der Waals surface area contributed by atoms with Gasteiger partial charge in [-0.2, -0.15) is 0 Å². The van der Waals surface area contributed by atoms with Crippen LogP contribution in [-0.4, -0.2) is 31.2 Å². The summed E-state index contributed by atoms with van der Waals surface area (Å²) in [5.74, 6) is -0.356. The molecule has 3 rings (SSSR count). The zero-order chi connectivity index (χ0) is 15.5. The Morgan fingerprint density at radius 3 is 2.77 bits per heavy atom. The van der Waals surface area contributed by atoms with E-state index in [0.29, 0.717) is 6.42 Å². The summed E-state index contributed by atoms with van der Waals surface area (Å²) in [5.41, 5.74) is 3.19. The molecule has 4 heteroatoms. The molecule has 1 fully saturated rings. The van der Waals surface area contributed by atoms with Gasteiger partial charge in [-0.3, -0.25) is 9.78 Å². The fraction of sp³-hybridized carbons (Fsp3) is 0.444. The highest BCUT2D eigenvalue weighted by Crippen LogP contribution is 2.25. The van der Waals surface area contributed by atoms with Crippen LogP contribution in [-0.2, 0) is 16.0 Å². The first-order chi connectivity index (χ1) is 10.7. The van der Waals surface area contributed by atoms with E-state index >= 15 is 0 Å². The molecular weight excluding hydrogens is 276 g/mol. The molecule has 0 spiro atoms. The second-order valence-corrected chi connectivity index (χ2v) is 6.00. The van der Waals surface area contributed by atoms with Gasteiger partial charge in [0.25, 0.3) is 0 Å². The summed E-state index contributed by atoms with van der Waals surface area (Å²) in [6, 6.07) is 10.5. The number of pyridine rings is 1. The Morgan fingerprint density at radius 2 is 2.05 bits per heavy atom. The average Bonchev–Trinajstić information content (AvgIpc) is 3.08. The Morgan fingerprint density at radius 1 is 1.27 bits per heavy atom. The fourth-order valence-electron chi connectivity index (χ4n) is 3.04. The predicted molar refractivity (Wildman–Crippen MR) is 88.1 cm³/mol. The number of benzene rings is 1. The highest BCUT2D eigenvalue weighted by molar-refractivity contribution is 5.83. The van der Waals surface area contributed by atoms with Crippen LogP contribution in [0.3, 0.4) is 0 Å². The first-order valence-electron chi connectivity index (χ1n) is 7.90. The van der Waals surface area contributed by atoms with E-state index in [1.54, 1.807) is 0 Å². The zero-order valence-electron chi connectivity index (χ0n) is 13.2. The number of anilines is 1. The second kappa shape index (κ2) is 6.34. The van der Waals surface area contributed by atoms with E-state index in [2.05, 4.69) is 34.1 Å². The maximum Gasteiger partial charge on any atom is 0.308 e. The Kier molecular flexibility index (Phi) is 4.27. The average molecular weight is 298 g/mol. The summed E-state index contributed by atoms with van der Waals surface area (Å²) < 4.78 is 4.77. The summed E-state index contributed by atoms with van der Waals surface area (Å²) in [6.07, 6.45) is 3.16. The molecule has 0 aliphatic carbocycles. The lowest BCUT2D eigenvalue weighted by molar-refractivity contribution is -0.144. The zero-order valence-corrected chi connectivity index (χ0v) is 13.2. The lowest BCUT2D eigenvalue weighted by Gasteiger charge is -2.18. The van der Waals surface area contributed by atoms with Crippen LogP contribution in [0.15, 0.2) is 30.3 Å². The molecule has 1 aromatic heterocycles. The minimum atomic E-state index is -0.189. The first-order valence-corrected chi connectivity index (χ1v) is 7.90. The number of fused-ring (bicyclic) bond motifs is 1. The van der Waals surface area contributed by atoms with Crippen molar-refractivity contribution < 1.29 is 9.53 Å². The molecule has 0 radical (unpaired) electrons. The van der Waals surface area contributed by atoms with E-state index in [-0.39, 0.29) is 11.9 Å². The van der Waals surface area contributed by atoms with Crippen molar-refractivity contribution in [3.05, 3.63) is 36.0 Å². The van der Waals surface area contributed by atoms with Crippen LogP contribution in [0, 0.1) is 5.92 Å². The highest BCUT2D eigenvalue weighted by Gasteiger charge is 2.15. The maximum absolute atomic E-state index is 11.5. The molecule has 0 saturated carbocycles. The van der Waals surface area contributed by atoms with E-state index < -0.39 is 0 Å². The van der Waals surface area contributed by atoms with Gasteiger partial charge in [0, 0.05) is 36.3 Å². The van der Waals surface area contributed by atoms with Crippen molar-refractivity contribution in [2.75, 3.05) is 25.1 Å². The number of carbonyl (C=O) groups excluding carboxylic acids is 1. The van der Waals surface area contributed by atoms with E-state index in [4.69, 9.17) is 4.74 Å². The molecular formula is C18H22N2O2. The third kappa shape index (κ3) is 3.06. The minimum absolute atomic E-state index is 0.168. The van der Waals surface area contributed by atoms with Gasteiger partial charge in [-0.05, 0) is 37.1 Å². The van der Waals surface area contributed by atoms with Crippen molar-refractivity contribution in [1.29, 1.82) is 0 Å². The van der Waals surface area contributed by atoms with Gasteiger partial charge in [-0.25, -0.2) is 0 Å². The number of ether oxygens (including phenoxy) is 1. The lowest BCUT2D eigenvalue weighted by atomic mass is 10.0. The van der Waals surface area contributed by atoms with Crippen molar-refractivity contribution in [3.8, 4) is 0 Å². The smallest absolute Gasteiger partial charge is 0.308 e. The summed E-state index contributed by atoms with van der Waals surface area (Å²) >= 11 is 0. The van der Waals surface area contributed by atoms with Crippen molar-refractivity contribution in [3.63, 3.8) is 0 Å². The Hall–Kier alpha value is -2.10. The van der Waals surface area contributed by atoms with Gasteiger partial charge in [0.15, 0.2) is 0 Å². The van der Waals surface area contributed by atoms with E-state index in [0.717, 1.165) is 29.7 Å². The lowest BCUT2D eigenvalue weighted by Crippen LogP contribution is -2.17. The number of methoxy groups -OCH3 is 1. The summed E-state index contributed by atoms with van der Waals surface area (Å²) in [5, 5.41) is 1.15. The third-order valence-electron chi connectivity index (χ3n) is 4.32. The number of aromatic nitrogens is 1. The monoisotopic (exact) mass is 298 g/mol. The normalized spacial score (nSPS) is 16.0. The number of hydrogen-bond acceptors (Lipinski definition) is 4. The predicted octanol–water partition coefficient (Wildman–Crippen LogP) is 3.19. The van der Waals surface area contributed by atoms with Gasteiger partial charge < -0.3 is 9.64 Å². The van der Waals surface area contributed by atoms with Gasteiger partial charge in [0.2, 0.25) is 0 Å². The Labute approximate surface area is 131 Å². The Balaban J connectivity index is 1.81. The SMILES string of the molecule is COC(=O)C(C)Cc1ccc2cc(N3CCCC3)ccc2n1. The topological polar surface area (TPSA) is 42.4 Å². The third-order valence-corrected chi connectivity index (χ3v) is 4.32. The highest BCUT2D eigenvalue weighted by atomic mass is 16.5. The molecule has 1 aromatic carbocycles. The number of esters is 1. The molecule has 0 bridgehead atoms. The largest absolute Gasteiger partial charge is 0.469 e. The van der Waals surface area contributed by atoms with Gasteiger partial charge in [0.1, 0.15) is 0 Å². The number of hydrogen-bond donors (Lipinski definition) is 0. The first kappa shape index (κ1) is 14.8. The van der Waals surface area contributed by atoms with Crippen LogP contribution >= 0.6 is 0 Å². The summed E-state index contributed by atoms with van der Waals surface area (Å²) in [4.78, 5) is 18.6.